The van der Waals surface area contributed by atoms with E-state index in [1.807, 2.05) is 0 Å². The lowest BCUT2D eigenvalue weighted by Gasteiger charge is -2.25. The van der Waals surface area contributed by atoms with Gasteiger partial charge in [0.05, 0.1) is 49.4 Å². The standard InChI is InChI=1S/C28H46N12O16S4/c41-13-5-37(9-17-57(45,46)47)25-31-23(32-26(35-25)38(6-14-42)10-18-58(48,49)50)29-21-1-2-22(4-3-21)30-24-33-27(39(7-15-43)11-19-59(51,52)53)36-28(34-24)40(8-16-44)12-20-60(54,55)56/h1-4,41-44H,5-20H2,(H,45,46,47)(H,48,49,50)(H,51,52,53)(H,54,55,56)(H,29,31,32,35)(H,30,33,34,36). The van der Waals surface area contributed by atoms with Crippen LogP contribution in [0, 0.1) is 0 Å². The molecular weight excluding hydrogens is 889 g/mol. The maximum atomic E-state index is 11.5. The van der Waals surface area contributed by atoms with Crippen molar-refractivity contribution in [2.75, 3.05) is 132 Å². The summed E-state index contributed by atoms with van der Waals surface area (Å²) >= 11 is 0. The summed E-state index contributed by atoms with van der Waals surface area (Å²) < 4.78 is 129. The van der Waals surface area contributed by atoms with Gasteiger partial charge >= 0.3 is 0 Å². The maximum absolute atomic E-state index is 11.5. The Bertz CT molecular complexity index is 2010. The third-order valence-corrected chi connectivity index (χ3v) is 10.5. The van der Waals surface area contributed by atoms with Crippen LogP contribution in [0.25, 0.3) is 0 Å². The van der Waals surface area contributed by atoms with Crippen molar-refractivity contribution in [1.29, 1.82) is 0 Å². The SMILES string of the molecule is O=S(=O)(O)CCN(CCO)c1nc(Nc2ccc(Nc3nc(N(CCO)CCS(=O)(=O)O)nc(N(CCO)CCS(=O)(=O)O)n3)cc2)nc(N(CCO)CCS(=O)(=O)O)n1. The molecule has 2 aromatic heterocycles. The van der Waals surface area contributed by atoms with Crippen LogP contribution in [-0.2, 0) is 40.5 Å². The minimum absolute atomic E-state index is 0.199. The smallest absolute Gasteiger partial charge is 0.266 e. The zero-order valence-electron chi connectivity index (χ0n) is 31.6. The number of aliphatic hydroxyl groups excluding tert-OH is 4. The average molecular weight is 935 g/mol. The lowest BCUT2D eigenvalue weighted by Crippen LogP contribution is -2.36. The summed E-state index contributed by atoms with van der Waals surface area (Å²) in [7, 11) is -17.9. The van der Waals surface area contributed by atoms with E-state index in [-0.39, 0.29) is 61.9 Å². The molecule has 338 valence electrons. The molecule has 1 aromatic carbocycles. The summed E-state index contributed by atoms with van der Waals surface area (Å²) in [4.78, 5) is 30.4. The monoisotopic (exact) mass is 934 g/mol. The summed E-state index contributed by atoms with van der Waals surface area (Å²) in [6.45, 7) is -4.51. The third-order valence-electron chi connectivity index (χ3n) is 7.71. The first-order valence-corrected chi connectivity index (χ1v) is 23.8. The quantitative estimate of drug-likeness (QED) is 0.0313. The van der Waals surface area contributed by atoms with E-state index in [0.717, 1.165) is 0 Å². The molecule has 0 radical (unpaired) electrons. The first kappa shape index (κ1) is 49.9. The van der Waals surface area contributed by atoms with Crippen molar-refractivity contribution >= 4 is 87.5 Å². The second kappa shape index (κ2) is 22.4. The van der Waals surface area contributed by atoms with Crippen molar-refractivity contribution in [3.63, 3.8) is 0 Å². The summed E-state index contributed by atoms with van der Waals surface area (Å²) in [5.41, 5.74) is 0.607. The van der Waals surface area contributed by atoms with Crippen molar-refractivity contribution in [2.24, 2.45) is 0 Å². The van der Waals surface area contributed by atoms with Crippen LogP contribution < -0.4 is 30.2 Å². The predicted molar refractivity (Wildman–Crippen MR) is 216 cm³/mol. The molecule has 32 heteroatoms. The molecule has 0 saturated carbocycles. The Balaban J connectivity index is 2.04. The van der Waals surface area contributed by atoms with E-state index in [1.165, 1.54) is 43.9 Å². The maximum Gasteiger partial charge on any atom is 0.266 e. The largest absolute Gasteiger partial charge is 0.395 e. The van der Waals surface area contributed by atoms with Gasteiger partial charge in [-0.15, -0.1) is 0 Å². The lowest BCUT2D eigenvalue weighted by atomic mass is 10.3. The van der Waals surface area contributed by atoms with Crippen LogP contribution in [0.1, 0.15) is 0 Å². The predicted octanol–water partition coefficient (Wildman–Crippen LogP) is -3.71. The van der Waals surface area contributed by atoms with E-state index >= 15 is 0 Å². The number of benzene rings is 1. The second-order valence-electron chi connectivity index (χ2n) is 12.3. The van der Waals surface area contributed by atoms with Crippen LogP contribution in [0.3, 0.4) is 0 Å². The van der Waals surface area contributed by atoms with Gasteiger partial charge in [0, 0.05) is 63.7 Å². The van der Waals surface area contributed by atoms with E-state index in [1.54, 1.807) is 0 Å². The van der Waals surface area contributed by atoms with Gasteiger partial charge in [0.15, 0.2) is 0 Å². The normalized spacial score (nSPS) is 12.3. The second-order valence-corrected chi connectivity index (χ2v) is 18.6. The third kappa shape index (κ3) is 18.4. The van der Waals surface area contributed by atoms with Crippen molar-refractivity contribution in [1.82, 2.24) is 29.9 Å². The summed E-state index contributed by atoms with van der Waals surface area (Å²) in [6, 6.07) is 5.99. The van der Waals surface area contributed by atoms with Crippen LogP contribution in [0.4, 0.5) is 47.1 Å². The number of nitrogens with one attached hydrogen (secondary N) is 2. The van der Waals surface area contributed by atoms with Gasteiger partial charge in [0.2, 0.25) is 35.7 Å². The zero-order valence-corrected chi connectivity index (χ0v) is 34.8. The molecule has 60 heavy (non-hydrogen) atoms. The highest BCUT2D eigenvalue weighted by Gasteiger charge is 2.23. The lowest BCUT2D eigenvalue weighted by molar-refractivity contribution is 0.300. The Labute approximate surface area is 345 Å². The van der Waals surface area contributed by atoms with Crippen LogP contribution in [0.15, 0.2) is 24.3 Å². The molecule has 0 spiro atoms. The fourth-order valence-electron chi connectivity index (χ4n) is 4.91. The van der Waals surface area contributed by atoms with Gasteiger partial charge in [0.25, 0.3) is 40.5 Å². The Morgan fingerprint density at radius 2 is 0.600 bits per heavy atom. The Morgan fingerprint density at radius 3 is 0.783 bits per heavy atom. The summed E-state index contributed by atoms with van der Waals surface area (Å²) in [5.74, 6) is -4.45. The van der Waals surface area contributed by atoms with Gasteiger partial charge in [-0.2, -0.15) is 63.6 Å². The number of hydrogen-bond donors (Lipinski definition) is 10. The van der Waals surface area contributed by atoms with Crippen molar-refractivity contribution < 1.29 is 72.3 Å². The Morgan fingerprint density at radius 1 is 0.383 bits per heavy atom. The molecule has 0 fully saturated rings. The van der Waals surface area contributed by atoms with Gasteiger partial charge in [-0.3, -0.25) is 18.2 Å². The molecule has 3 rings (SSSR count). The molecule has 0 aliphatic rings. The van der Waals surface area contributed by atoms with Crippen LogP contribution in [0.2, 0.25) is 0 Å². The molecule has 0 unspecified atom stereocenters. The number of nitrogens with zero attached hydrogens (tertiary/aromatic N) is 10. The van der Waals surface area contributed by atoms with Gasteiger partial charge in [-0.05, 0) is 24.3 Å². The highest BCUT2D eigenvalue weighted by atomic mass is 32.2. The summed E-state index contributed by atoms with van der Waals surface area (Å²) in [6.07, 6.45) is 0. The highest BCUT2D eigenvalue weighted by Crippen LogP contribution is 2.24. The molecule has 3 aromatic rings. The van der Waals surface area contributed by atoms with E-state index in [9.17, 15) is 72.3 Å². The van der Waals surface area contributed by atoms with Gasteiger partial charge in [0.1, 0.15) is 0 Å². The molecular formula is C28H46N12O16S4. The number of hydrogen-bond acceptors (Lipinski definition) is 24. The van der Waals surface area contributed by atoms with Crippen molar-refractivity contribution in [3.05, 3.63) is 24.3 Å². The Hall–Kier alpha value is -4.48. The molecule has 0 aliphatic heterocycles. The van der Waals surface area contributed by atoms with Crippen LogP contribution in [-0.4, -0.2) is 204 Å². The number of anilines is 8. The highest BCUT2D eigenvalue weighted by molar-refractivity contribution is 7.86. The number of aliphatic hydroxyl groups is 4. The topological polar surface area (TPSA) is 413 Å². The van der Waals surface area contributed by atoms with Gasteiger partial charge in [-0.25, -0.2) is 0 Å². The van der Waals surface area contributed by atoms with Crippen LogP contribution in [0.5, 0.6) is 0 Å². The minimum Gasteiger partial charge on any atom is -0.395 e. The minimum atomic E-state index is -4.48. The molecule has 2 heterocycles. The zero-order chi connectivity index (χ0) is 44.7. The molecule has 0 atom stereocenters. The van der Waals surface area contributed by atoms with E-state index in [4.69, 9.17) is 0 Å². The Kier molecular flexibility index (Phi) is 18.6. The first-order valence-electron chi connectivity index (χ1n) is 17.4. The molecule has 0 saturated heterocycles. The fourth-order valence-corrected chi connectivity index (χ4v) is 6.72. The van der Waals surface area contributed by atoms with Gasteiger partial charge < -0.3 is 50.7 Å². The molecule has 0 bridgehead atoms. The first-order chi connectivity index (χ1) is 28.0. The fraction of sp³-hybridized carbons (Fsp3) is 0.571. The molecule has 10 N–H and O–H groups in total. The summed E-state index contributed by atoms with van der Waals surface area (Å²) in [5, 5.41) is 44.4. The van der Waals surface area contributed by atoms with E-state index in [2.05, 4.69) is 40.5 Å². The van der Waals surface area contributed by atoms with E-state index < -0.39 is 116 Å². The number of aromatic nitrogens is 6. The molecule has 0 aliphatic carbocycles. The van der Waals surface area contributed by atoms with Gasteiger partial charge in [-0.1, -0.05) is 0 Å². The molecule has 0 amide bonds. The van der Waals surface area contributed by atoms with Crippen molar-refractivity contribution in [2.45, 2.75) is 0 Å². The van der Waals surface area contributed by atoms with E-state index in [0.29, 0.717) is 11.4 Å². The average Bonchev–Trinajstić information content (AvgIpc) is 3.14. The van der Waals surface area contributed by atoms with Crippen LogP contribution >= 0.6 is 0 Å². The van der Waals surface area contributed by atoms with Crippen molar-refractivity contribution in [3.8, 4) is 0 Å². The number of rotatable bonds is 28. The molecule has 28 nitrogen and oxygen atoms in total.